The molecular formula is C19H29N7. The number of piperazine rings is 1. The van der Waals surface area contributed by atoms with E-state index in [1.54, 1.807) is 0 Å². The summed E-state index contributed by atoms with van der Waals surface area (Å²) >= 11 is 0. The van der Waals surface area contributed by atoms with Crippen molar-refractivity contribution in [3.05, 3.63) is 29.8 Å². The smallest absolute Gasteiger partial charge is 0.209 e. The van der Waals surface area contributed by atoms with Gasteiger partial charge in [-0.2, -0.15) is 5.43 Å². The Kier molecular flexibility index (Phi) is 3.84. The Morgan fingerprint density at radius 3 is 2.38 bits per heavy atom. The fraction of sp³-hybridized carbons (Fsp3) is 0.632. The van der Waals surface area contributed by atoms with Crippen LogP contribution in [-0.2, 0) is 5.79 Å². The fourth-order valence-electron chi connectivity index (χ4n) is 5.44. The highest BCUT2D eigenvalue weighted by molar-refractivity contribution is 5.79. The average molecular weight is 355 g/mol. The Balaban J connectivity index is 1.22. The lowest BCUT2D eigenvalue weighted by atomic mass is 9.93. The summed E-state index contributed by atoms with van der Waals surface area (Å²) in [7, 11) is 0. The SMILES string of the molecule is NC1=NC(N)(c2ccc(N3CCN([C@H]4CC5CCC4C5)CC3)cc2)NN1. The van der Waals surface area contributed by atoms with E-state index in [2.05, 4.69) is 37.8 Å². The number of rotatable bonds is 3. The predicted octanol–water partition coefficient (Wildman–Crippen LogP) is 0.489. The number of fused-ring (bicyclic) bond motifs is 2. The number of benzene rings is 1. The van der Waals surface area contributed by atoms with Crippen LogP contribution in [0.4, 0.5) is 5.69 Å². The molecule has 2 aliphatic carbocycles. The maximum atomic E-state index is 6.26. The molecule has 6 N–H and O–H groups in total. The molecule has 0 radical (unpaired) electrons. The molecule has 140 valence electrons. The van der Waals surface area contributed by atoms with Gasteiger partial charge in [0.1, 0.15) is 0 Å². The van der Waals surface area contributed by atoms with E-state index in [1.807, 2.05) is 12.1 Å². The molecule has 5 rings (SSSR count). The van der Waals surface area contributed by atoms with E-state index in [0.717, 1.165) is 36.5 Å². The van der Waals surface area contributed by atoms with Gasteiger partial charge in [0.05, 0.1) is 0 Å². The zero-order chi connectivity index (χ0) is 17.7. The van der Waals surface area contributed by atoms with Crippen LogP contribution in [-0.4, -0.2) is 43.1 Å². The first-order valence-electron chi connectivity index (χ1n) is 9.88. The van der Waals surface area contributed by atoms with E-state index >= 15 is 0 Å². The molecule has 1 aromatic rings. The van der Waals surface area contributed by atoms with Crippen LogP contribution >= 0.6 is 0 Å². The first kappa shape index (κ1) is 16.4. The van der Waals surface area contributed by atoms with Crippen molar-refractivity contribution in [1.29, 1.82) is 0 Å². The van der Waals surface area contributed by atoms with E-state index < -0.39 is 5.79 Å². The van der Waals surface area contributed by atoms with Gasteiger partial charge in [-0.15, -0.1) is 0 Å². The molecule has 1 aromatic carbocycles. The summed E-state index contributed by atoms with van der Waals surface area (Å²) in [6.07, 6.45) is 5.88. The molecule has 2 saturated carbocycles. The third-order valence-electron chi connectivity index (χ3n) is 6.83. The lowest BCUT2D eigenvalue weighted by Gasteiger charge is -2.42. The highest BCUT2D eigenvalue weighted by Gasteiger charge is 2.42. The molecule has 3 unspecified atom stereocenters. The summed E-state index contributed by atoms with van der Waals surface area (Å²) in [5, 5.41) is 0. The predicted molar refractivity (Wildman–Crippen MR) is 103 cm³/mol. The molecule has 7 nitrogen and oxygen atoms in total. The summed E-state index contributed by atoms with van der Waals surface area (Å²) in [6.45, 7) is 4.57. The van der Waals surface area contributed by atoms with Gasteiger partial charge in [0.15, 0.2) is 0 Å². The summed E-state index contributed by atoms with van der Waals surface area (Å²) in [5.41, 5.74) is 19.8. The second-order valence-corrected chi connectivity index (χ2v) is 8.33. The lowest BCUT2D eigenvalue weighted by Crippen LogP contribution is -2.52. The molecule has 0 amide bonds. The van der Waals surface area contributed by atoms with Crippen molar-refractivity contribution >= 4 is 11.6 Å². The standard InChI is InChI=1S/C19H29N7/c20-18-22-19(21,24-23-18)15-3-5-16(6-4-15)25-7-9-26(10-8-25)17-12-13-1-2-14(17)11-13/h3-6,13-14,17,24H,1-2,7-12,21H2,(H3,20,22,23)/t13?,14?,17-,19?/m0/s1. The van der Waals surface area contributed by atoms with Crippen LogP contribution < -0.4 is 27.2 Å². The van der Waals surface area contributed by atoms with Gasteiger partial charge < -0.3 is 10.6 Å². The average Bonchev–Trinajstić information content (AvgIpc) is 3.38. The minimum atomic E-state index is -0.983. The summed E-state index contributed by atoms with van der Waals surface area (Å²) in [5.74, 6) is 1.33. The first-order valence-corrected chi connectivity index (χ1v) is 9.88. The highest BCUT2D eigenvalue weighted by Crippen LogP contribution is 2.46. The summed E-state index contributed by atoms with van der Waals surface area (Å²) < 4.78 is 0. The van der Waals surface area contributed by atoms with Crippen molar-refractivity contribution in [2.45, 2.75) is 37.5 Å². The van der Waals surface area contributed by atoms with Gasteiger partial charge in [-0.05, 0) is 43.2 Å². The number of anilines is 1. The third kappa shape index (κ3) is 2.74. The van der Waals surface area contributed by atoms with E-state index in [-0.39, 0.29) is 0 Å². The number of hydrazine groups is 1. The minimum Gasteiger partial charge on any atom is -0.369 e. The van der Waals surface area contributed by atoms with E-state index in [1.165, 1.54) is 44.5 Å². The molecule has 1 saturated heterocycles. The van der Waals surface area contributed by atoms with Crippen LogP contribution in [0.2, 0.25) is 0 Å². The molecule has 0 aromatic heterocycles. The van der Waals surface area contributed by atoms with E-state index in [9.17, 15) is 0 Å². The Labute approximate surface area is 154 Å². The quantitative estimate of drug-likeness (QED) is 0.630. The van der Waals surface area contributed by atoms with E-state index in [4.69, 9.17) is 11.5 Å². The van der Waals surface area contributed by atoms with Crippen LogP contribution in [0.5, 0.6) is 0 Å². The topological polar surface area (TPSA) is 94.9 Å². The largest absolute Gasteiger partial charge is 0.369 e. The van der Waals surface area contributed by atoms with Gasteiger partial charge in [-0.25, -0.2) is 4.99 Å². The molecule has 4 aliphatic rings. The van der Waals surface area contributed by atoms with Crippen LogP contribution in [0.15, 0.2) is 29.3 Å². The summed E-state index contributed by atoms with van der Waals surface area (Å²) in [6, 6.07) is 9.22. The van der Waals surface area contributed by atoms with Crippen LogP contribution in [0, 0.1) is 11.8 Å². The molecule has 2 bridgehead atoms. The van der Waals surface area contributed by atoms with Crippen molar-refractivity contribution in [1.82, 2.24) is 15.8 Å². The number of aliphatic imine (C=N–C) groups is 1. The Morgan fingerprint density at radius 1 is 1.04 bits per heavy atom. The van der Waals surface area contributed by atoms with Crippen LogP contribution in [0.25, 0.3) is 0 Å². The molecule has 2 aliphatic heterocycles. The van der Waals surface area contributed by atoms with Crippen LogP contribution in [0.3, 0.4) is 0 Å². The van der Waals surface area contributed by atoms with Crippen molar-refractivity contribution in [3.8, 4) is 0 Å². The number of nitrogens with zero attached hydrogens (tertiary/aromatic N) is 3. The molecule has 26 heavy (non-hydrogen) atoms. The first-order chi connectivity index (χ1) is 12.6. The van der Waals surface area contributed by atoms with Crippen molar-refractivity contribution in [2.75, 3.05) is 31.1 Å². The zero-order valence-corrected chi connectivity index (χ0v) is 15.2. The molecule has 2 heterocycles. The second kappa shape index (κ2) is 6.11. The highest BCUT2D eigenvalue weighted by atomic mass is 15.6. The molecule has 3 fully saturated rings. The Bertz CT molecular complexity index is 694. The minimum absolute atomic E-state index is 0.313. The summed E-state index contributed by atoms with van der Waals surface area (Å²) in [4.78, 5) is 9.48. The second-order valence-electron chi connectivity index (χ2n) is 8.33. The number of hydrogen-bond acceptors (Lipinski definition) is 7. The van der Waals surface area contributed by atoms with Gasteiger partial charge in [-0.3, -0.25) is 16.1 Å². The number of hydrogen-bond donors (Lipinski definition) is 4. The maximum Gasteiger partial charge on any atom is 0.209 e. The Hall–Kier alpha value is -1.83. The van der Waals surface area contributed by atoms with Gasteiger partial charge in [-0.1, -0.05) is 18.6 Å². The zero-order valence-electron chi connectivity index (χ0n) is 15.2. The maximum absolute atomic E-state index is 6.26. The normalized spacial score (nSPS) is 37.0. The molecule has 7 heteroatoms. The van der Waals surface area contributed by atoms with E-state index in [0.29, 0.717) is 5.96 Å². The molecule has 4 atom stereocenters. The van der Waals surface area contributed by atoms with Gasteiger partial charge >= 0.3 is 0 Å². The monoisotopic (exact) mass is 355 g/mol. The third-order valence-corrected chi connectivity index (χ3v) is 6.83. The van der Waals surface area contributed by atoms with Gasteiger partial charge in [0.25, 0.3) is 0 Å². The number of guanidine groups is 1. The van der Waals surface area contributed by atoms with Crippen molar-refractivity contribution in [3.63, 3.8) is 0 Å². The van der Waals surface area contributed by atoms with Crippen molar-refractivity contribution in [2.24, 2.45) is 28.3 Å². The molecular weight excluding hydrogens is 326 g/mol. The van der Waals surface area contributed by atoms with Gasteiger partial charge in [0, 0.05) is 43.5 Å². The van der Waals surface area contributed by atoms with Gasteiger partial charge in [0.2, 0.25) is 11.7 Å². The molecule has 0 spiro atoms. The van der Waals surface area contributed by atoms with Crippen LogP contribution in [0.1, 0.15) is 31.2 Å². The Morgan fingerprint density at radius 2 is 1.81 bits per heavy atom. The fourth-order valence-corrected chi connectivity index (χ4v) is 5.44. The number of nitrogens with two attached hydrogens (primary N) is 2. The lowest BCUT2D eigenvalue weighted by molar-refractivity contribution is 0.135. The number of nitrogens with one attached hydrogen (secondary N) is 2. The van der Waals surface area contributed by atoms with Crippen molar-refractivity contribution < 1.29 is 0 Å².